The number of rotatable bonds is 6. The summed E-state index contributed by atoms with van der Waals surface area (Å²) in [6, 6.07) is 7.91. The highest BCUT2D eigenvalue weighted by Crippen LogP contribution is 2.26. The fraction of sp³-hybridized carbons (Fsp3) is 0.444. The van der Waals surface area contributed by atoms with E-state index >= 15 is 0 Å². The fourth-order valence-corrected chi connectivity index (χ4v) is 4.82. The number of nitrogens with one attached hydrogen (secondary N) is 1. The number of hydrogen-bond acceptors (Lipinski definition) is 5. The molecule has 1 aromatic heterocycles. The van der Waals surface area contributed by atoms with Gasteiger partial charge in [-0.3, -0.25) is 4.79 Å². The van der Waals surface area contributed by atoms with E-state index in [9.17, 15) is 13.2 Å². The number of benzene rings is 1. The van der Waals surface area contributed by atoms with Crippen molar-refractivity contribution in [1.82, 2.24) is 14.8 Å². The van der Waals surface area contributed by atoms with Crippen LogP contribution in [0.4, 0.5) is 0 Å². The van der Waals surface area contributed by atoms with Crippen molar-refractivity contribution in [2.75, 3.05) is 6.54 Å². The monoisotopic (exact) mass is 377 g/mol. The van der Waals surface area contributed by atoms with Crippen molar-refractivity contribution in [2.45, 2.75) is 50.6 Å². The summed E-state index contributed by atoms with van der Waals surface area (Å²) in [5.41, 5.74) is 1.12. The zero-order chi connectivity index (χ0) is 18.7. The number of carbonyl (C=O) groups excluding carboxylic acids is 1. The van der Waals surface area contributed by atoms with Crippen LogP contribution in [0.3, 0.4) is 0 Å². The molecule has 1 N–H and O–H groups in total. The molecule has 0 bridgehead atoms. The fourth-order valence-electron chi connectivity index (χ4n) is 3.07. The molecule has 0 unspecified atom stereocenters. The van der Waals surface area contributed by atoms with Crippen LogP contribution >= 0.6 is 0 Å². The SMILES string of the molecule is CCc1cc(CNC(=O)c2cccc(S(=O)(=O)N3CCC[C@H]3C)c2)on1. The number of amides is 1. The van der Waals surface area contributed by atoms with Crippen LogP contribution < -0.4 is 5.32 Å². The average Bonchev–Trinajstić information content (AvgIpc) is 3.28. The molecule has 0 spiro atoms. The number of aromatic nitrogens is 1. The van der Waals surface area contributed by atoms with Gasteiger partial charge in [0.1, 0.15) is 0 Å². The first-order valence-corrected chi connectivity index (χ1v) is 10.2. The first-order chi connectivity index (χ1) is 12.4. The summed E-state index contributed by atoms with van der Waals surface area (Å²) < 4.78 is 32.2. The van der Waals surface area contributed by atoms with E-state index in [-0.39, 0.29) is 23.4 Å². The molecule has 1 fully saturated rings. The summed E-state index contributed by atoms with van der Waals surface area (Å²) in [6.45, 7) is 4.59. The number of carbonyl (C=O) groups is 1. The van der Waals surface area contributed by atoms with E-state index in [2.05, 4.69) is 10.5 Å². The maximum absolute atomic E-state index is 12.8. The molecule has 26 heavy (non-hydrogen) atoms. The zero-order valence-corrected chi connectivity index (χ0v) is 15.8. The van der Waals surface area contributed by atoms with Crippen molar-refractivity contribution in [3.8, 4) is 0 Å². The third kappa shape index (κ3) is 3.81. The minimum Gasteiger partial charge on any atom is -0.359 e. The van der Waals surface area contributed by atoms with E-state index in [4.69, 9.17) is 4.52 Å². The minimum absolute atomic E-state index is 0.0169. The van der Waals surface area contributed by atoms with Gasteiger partial charge >= 0.3 is 0 Å². The predicted octanol–water partition coefficient (Wildman–Crippen LogP) is 2.34. The normalized spacial score (nSPS) is 18.2. The molecule has 1 aliphatic rings. The van der Waals surface area contributed by atoms with E-state index in [1.807, 2.05) is 13.8 Å². The summed E-state index contributed by atoms with van der Waals surface area (Å²) in [5.74, 6) is 0.204. The van der Waals surface area contributed by atoms with Crippen LogP contribution in [-0.4, -0.2) is 36.4 Å². The highest BCUT2D eigenvalue weighted by Gasteiger charge is 2.32. The van der Waals surface area contributed by atoms with E-state index in [0.717, 1.165) is 25.0 Å². The smallest absolute Gasteiger partial charge is 0.251 e. The lowest BCUT2D eigenvalue weighted by atomic mass is 10.2. The van der Waals surface area contributed by atoms with Crippen molar-refractivity contribution in [3.63, 3.8) is 0 Å². The maximum atomic E-state index is 12.8. The first kappa shape index (κ1) is 18.6. The van der Waals surface area contributed by atoms with Gasteiger partial charge in [-0.2, -0.15) is 4.31 Å². The van der Waals surface area contributed by atoms with E-state index in [1.165, 1.54) is 16.4 Å². The Balaban J connectivity index is 1.73. The number of sulfonamides is 1. The molecular formula is C18H23N3O4S. The molecule has 0 saturated carbocycles. The predicted molar refractivity (Wildman–Crippen MR) is 96.1 cm³/mol. The van der Waals surface area contributed by atoms with E-state index in [0.29, 0.717) is 17.9 Å². The topological polar surface area (TPSA) is 92.5 Å². The molecule has 8 heteroatoms. The summed E-state index contributed by atoms with van der Waals surface area (Å²) in [7, 11) is -3.59. The quantitative estimate of drug-likeness (QED) is 0.834. The molecule has 0 aliphatic carbocycles. The lowest BCUT2D eigenvalue weighted by Crippen LogP contribution is -2.33. The molecule has 0 radical (unpaired) electrons. The highest BCUT2D eigenvalue weighted by molar-refractivity contribution is 7.89. The van der Waals surface area contributed by atoms with Crippen LogP contribution in [0.15, 0.2) is 39.8 Å². The van der Waals surface area contributed by atoms with Gasteiger partial charge in [-0.15, -0.1) is 0 Å². The Kier molecular flexibility index (Phi) is 5.43. The van der Waals surface area contributed by atoms with Crippen LogP contribution in [-0.2, 0) is 23.0 Å². The number of aryl methyl sites for hydroxylation is 1. The van der Waals surface area contributed by atoms with Crippen molar-refractivity contribution >= 4 is 15.9 Å². The van der Waals surface area contributed by atoms with Gasteiger partial charge in [0.25, 0.3) is 5.91 Å². The van der Waals surface area contributed by atoms with E-state index < -0.39 is 10.0 Å². The Labute approximate surface area is 153 Å². The van der Waals surface area contributed by atoms with Crippen molar-refractivity contribution in [3.05, 3.63) is 47.3 Å². The summed E-state index contributed by atoms with van der Waals surface area (Å²) in [6.07, 6.45) is 2.47. The molecule has 1 amide bonds. The Bertz CT molecular complexity index is 891. The molecule has 2 heterocycles. The van der Waals surface area contributed by atoms with Gasteiger partial charge in [-0.25, -0.2) is 8.42 Å². The Morgan fingerprint density at radius 2 is 2.19 bits per heavy atom. The molecule has 1 aliphatic heterocycles. The lowest BCUT2D eigenvalue weighted by Gasteiger charge is -2.21. The molecule has 2 aromatic rings. The molecule has 1 saturated heterocycles. The Morgan fingerprint density at radius 1 is 1.38 bits per heavy atom. The largest absolute Gasteiger partial charge is 0.359 e. The van der Waals surface area contributed by atoms with Crippen LogP contribution in [0.5, 0.6) is 0 Å². The van der Waals surface area contributed by atoms with E-state index in [1.54, 1.807) is 18.2 Å². The third-order valence-electron chi connectivity index (χ3n) is 4.59. The summed E-state index contributed by atoms with van der Waals surface area (Å²) in [5, 5.41) is 6.60. The lowest BCUT2D eigenvalue weighted by molar-refractivity contribution is 0.0947. The van der Waals surface area contributed by atoms with Crippen LogP contribution in [0, 0.1) is 0 Å². The number of nitrogens with zero attached hydrogens (tertiary/aromatic N) is 2. The highest BCUT2D eigenvalue weighted by atomic mass is 32.2. The Hall–Kier alpha value is -2.19. The van der Waals surface area contributed by atoms with Crippen LogP contribution in [0.25, 0.3) is 0 Å². The van der Waals surface area contributed by atoms with Gasteiger partial charge in [-0.1, -0.05) is 18.1 Å². The minimum atomic E-state index is -3.59. The molecule has 1 aromatic carbocycles. The summed E-state index contributed by atoms with van der Waals surface area (Å²) in [4.78, 5) is 12.5. The average molecular weight is 377 g/mol. The molecule has 140 valence electrons. The van der Waals surface area contributed by atoms with Gasteiger partial charge < -0.3 is 9.84 Å². The molecule has 7 nitrogen and oxygen atoms in total. The van der Waals surface area contributed by atoms with Gasteiger partial charge in [0.2, 0.25) is 10.0 Å². The van der Waals surface area contributed by atoms with Gasteiger partial charge in [-0.05, 0) is 44.4 Å². The van der Waals surface area contributed by atoms with Crippen molar-refractivity contribution < 1.29 is 17.7 Å². The van der Waals surface area contributed by atoms with Gasteiger partial charge in [0.15, 0.2) is 5.76 Å². The van der Waals surface area contributed by atoms with Crippen molar-refractivity contribution in [1.29, 1.82) is 0 Å². The summed E-state index contributed by atoms with van der Waals surface area (Å²) >= 11 is 0. The van der Waals surface area contributed by atoms with Gasteiger partial charge in [0, 0.05) is 24.2 Å². The first-order valence-electron chi connectivity index (χ1n) is 8.76. The second-order valence-corrected chi connectivity index (χ2v) is 8.35. The van der Waals surface area contributed by atoms with Crippen LogP contribution in [0.1, 0.15) is 48.5 Å². The molecule has 1 atom stereocenters. The van der Waals surface area contributed by atoms with Gasteiger partial charge in [0.05, 0.1) is 17.1 Å². The van der Waals surface area contributed by atoms with Crippen molar-refractivity contribution in [2.24, 2.45) is 0 Å². The maximum Gasteiger partial charge on any atom is 0.251 e. The second kappa shape index (κ2) is 7.59. The number of hydrogen-bond donors (Lipinski definition) is 1. The third-order valence-corrected chi connectivity index (χ3v) is 6.60. The standard InChI is InChI=1S/C18H23N3O4S/c1-3-15-11-16(25-20-15)12-19-18(22)14-7-4-8-17(10-14)26(23,24)21-9-5-6-13(21)2/h4,7-8,10-11,13H,3,5-6,9,12H2,1-2H3,(H,19,22)/t13-/m1/s1. The zero-order valence-electron chi connectivity index (χ0n) is 14.9. The Morgan fingerprint density at radius 3 is 2.85 bits per heavy atom. The molecular weight excluding hydrogens is 354 g/mol. The molecule has 3 rings (SSSR count). The second-order valence-electron chi connectivity index (χ2n) is 6.46. The van der Waals surface area contributed by atoms with Crippen LogP contribution in [0.2, 0.25) is 0 Å².